The number of aromatic nitrogens is 20. The smallest absolute Gasteiger partial charge is 0.453 e. The number of halogens is 15. The van der Waals surface area contributed by atoms with Gasteiger partial charge in [-0.1, -0.05) is 223 Å². The van der Waals surface area contributed by atoms with Gasteiger partial charge in [-0.15, -0.1) is 53.6 Å². The minimum absolute atomic E-state index is 0. The van der Waals surface area contributed by atoms with Crippen LogP contribution in [0.25, 0.3) is 68.3 Å². The fraction of sp³-hybridized carbons (Fsp3) is 0.0816. The fourth-order valence-electron chi connectivity index (χ4n) is 13.3. The van der Waals surface area contributed by atoms with Gasteiger partial charge in [0.05, 0.1) is 34.5 Å². The number of benzene rings is 3. The Balaban J connectivity index is 0.000000166. The van der Waals surface area contributed by atoms with E-state index in [1.807, 2.05) is 124 Å². The van der Waals surface area contributed by atoms with Crippen molar-refractivity contribution in [1.29, 1.82) is 0 Å². The molecule has 0 amide bonds. The SMILES string of the molecule is CC(C)(c1cccc(-c2[c-]cc(F)nc2F)n1)c1cccc(-n2[c-]cnc2)n1.Cc1cc(-c2[c-]cc(F)nc2)nc(N(c2ccccc2)c2cccc(-n3[c-]cc(C(F)(F)F)n3)n2)c1.Cc1cc(-c2[c-]cc(F)nc2F)nc(N(c2ccccc2)c2cccc(-n3[c-]cc(C(F)(F)F)n3)n2)c1.Fc1c[c-]c(-c2cccc(N(c3ccccc3)c3cccc(-n4[c-]cc(C(F)(F)F)n4)n3)n2)cn1.[Pt+2].[Pt+2].[Pt+2].[Pt+2]. The first-order valence-electron chi connectivity index (χ1n) is 40.3. The standard InChI is InChI=1S/C26H15F5N6.C26H16F4N6.C25H14F4N6.C21H15F2N5.4Pt/c1-16-14-19(18-10-11-21(27)33-25(18)28)32-24(15-16)37(17-6-3-2-4-7-17)23-9-5-8-22(34-23)36-13-12-20(35-36)26(29,30)31;1-17-14-20(18-10-11-22(27)31-16-18)32-25(15-17)36(19-6-3-2-4-7-19)24-9-5-8-23(33-24)35-13-12-21(34-35)26(28,29)30;26-21-13-12-17(16-30-21)19-8-4-10-23(31-19)35(18-6-2-1-3-7-18)24-11-5-9-22(32-24)34-15-14-20(33-34)25(27,28)29;1-21(2,17-7-4-8-19(26-17)28-12-11-24-13-28)16-6-3-5-15(25-16)14-9-10-18(22)27-20(14)23;;;;/h2-9,11-12,14-15H,1H3;2-9,11-12,14-16H,1H3;1-11,13-14,16H;3-8,10-11,13H,1-2H3;;;;/q4*-2;4*+2. The van der Waals surface area contributed by atoms with Crippen molar-refractivity contribution in [3.05, 3.63) is 416 Å². The van der Waals surface area contributed by atoms with Gasteiger partial charge in [0.25, 0.3) is 0 Å². The largest absolute Gasteiger partial charge is 2.00 e. The third kappa shape index (κ3) is 25.1. The summed E-state index contributed by atoms with van der Waals surface area (Å²) >= 11 is 0. The van der Waals surface area contributed by atoms with E-state index in [1.54, 1.807) is 142 Å². The number of anilines is 9. The number of para-hydroxylation sites is 3. The van der Waals surface area contributed by atoms with Gasteiger partial charge < -0.3 is 38.5 Å². The number of hydrogen-bond acceptors (Lipinski definition) is 19. The van der Waals surface area contributed by atoms with E-state index in [-0.39, 0.29) is 119 Å². The van der Waals surface area contributed by atoms with Crippen molar-refractivity contribution in [3.63, 3.8) is 0 Å². The van der Waals surface area contributed by atoms with Gasteiger partial charge in [0.15, 0.2) is 0 Å². The Morgan fingerprint density at radius 1 is 0.300 bits per heavy atom. The molecule has 23 nitrogen and oxygen atoms in total. The van der Waals surface area contributed by atoms with Gasteiger partial charge in [0.2, 0.25) is 0 Å². The van der Waals surface area contributed by atoms with Gasteiger partial charge >= 0.3 is 103 Å². The number of aryl methyl sites for hydroxylation is 2. The zero-order valence-corrected chi connectivity index (χ0v) is 81.0. The number of imidazole rings is 1. The predicted octanol–water partition coefficient (Wildman–Crippen LogP) is 22.5. The molecule has 0 aliphatic rings. The van der Waals surface area contributed by atoms with Gasteiger partial charge in [-0.25, -0.2) is 26.3 Å². The topological polar surface area (TPSA) is 236 Å². The molecule has 42 heteroatoms. The quantitative estimate of drug-likeness (QED) is 0.0415. The molecule has 140 heavy (non-hydrogen) atoms. The summed E-state index contributed by atoms with van der Waals surface area (Å²) in [6, 6.07) is 82.2. The minimum Gasteiger partial charge on any atom is -0.453 e. The fourth-order valence-corrected chi connectivity index (χ4v) is 13.3. The Morgan fingerprint density at radius 3 is 1.05 bits per heavy atom. The molecule has 16 heterocycles. The molecule has 0 atom stereocenters. The van der Waals surface area contributed by atoms with Gasteiger partial charge in [-0.05, 0) is 148 Å². The molecule has 3 aromatic carbocycles. The minimum atomic E-state index is -4.63. The Bertz CT molecular complexity index is 7400. The van der Waals surface area contributed by atoms with E-state index in [0.717, 1.165) is 67.8 Å². The van der Waals surface area contributed by atoms with Gasteiger partial charge in [0.1, 0.15) is 70.6 Å². The number of hydrogen-bond donors (Lipinski definition) is 0. The van der Waals surface area contributed by atoms with E-state index in [2.05, 4.69) is 119 Å². The summed E-state index contributed by atoms with van der Waals surface area (Å²) in [7, 11) is 0. The number of alkyl halides is 9. The molecule has 0 fully saturated rings. The first-order chi connectivity index (χ1) is 65.3. The van der Waals surface area contributed by atoms with Crippen molar-refractivity contribution in [1.82, 2.24) is 98.7 Å². The summed E-state index contributed by atoms with van der Waals surface area (Å²) in [6.45, 7) is 7.61. The van der Waals surface area contributed by atoms with Crippen molar-refractivity contribution in [2.45, 2.75) is 51.6 Å². The number of rotatable bonds is 19. The van der Waals surface area contributed by atoms with Crippen molar-refractivity contribution in [2.24, 2.45) is 0 Å². The van der Waals surface area contributed by atoms with Crippen molar-refractivity contribution < 1.29 is 150 Å². The van der Waals surface area contributed by atoms with Gasteiger partial charge in [-0.3, -0.25) is 74.9 Å². The van der Waals surface area contributed by atoms with Crippen molar-refractivity contribution in [3.8, 4) is 68.3 Å². The maximum atomic E-state index is 14.4. The van der Waals surface area contributed by atoms with E-state index >= 15 is 0 Å². The van der Waals surface area contributed by atoms with Crippen molar-refractivity contribution >= 4 is 52.0 Å². The van der Waals surface area contributed by atoms with Crippen LogP contribution in [0.2, 0.25) is 0 Å². The molecule has 19 aromatic rings. The van der Waals surface area contributed by atoms with Crippen molar-refractivity contribution in [2.75, 3.05) is 14.7 Å². The number of nitrogens with zero attached hydrogens (tertiary/aromatic N) is 23. The molecular weight excluding hydrogens is 2560 g/mol. The van der Waals surface area contributed by atoms with Crippen LogP contribution >= 0.6 is 0 Å². The monoisotopic (exact) mass is 2620 g/mol. The molecule has 16 aromatic heterocycles. The average Bonchev–Trinajstić information content (AvgIpc) is 1.27. The second kappa shape index (κ2) is 45.3. The van der Waals surface area contributed by atoms with Crippen LogP contribution in [0.3, 0.4) is 0 Å². The van der Waals surface area contributed by atoms with Crippen LogP contribution in [0.15, 0.2) is 292 Å². The third-order valence-corrected chi connectivity index (χ3v) is 19.7. The van der Waals surface area contributed by atoms with Crippen LogP contribution in [0, 0.1) is 98.6 Å². The molecule has 0 saturated heterocycles. The van der Waals surface area contributed by atoms with Gasteiger partial charge in [0, 0.05) is 39.7 Å². The summed E-state index contributed by atoms with van der Waals surface area (Å²) in [5, 5.41) is 10.7. The van der Waals surface area contributed by atoms with E-state index in [0.29, 0.717) is 97.3 Å². The van der Waals surface area contributed by atoms with Crippen LogP contribution in [-0.2, 0) is 108 Å². The normalized spacial score (nSPS) is 11.2. The molecule has 0 N–H and O–H groups in total. The Kier molecular flexibility index (Phi) is 33.8. The molecule has 0 unspecified atom stereocenters. The summed E-state index contributed by atoms with van der Waals surface area (Å²) < 4.78 is 203. The molecule has 0 aliphatic carbocycles. The summed E-state index contributed by atoms with van der Waals surface area (Å²) in [5.41, 5.74) is 3.67. The maximum Gasteiger partial charge on any atom is 2.00 e. The molecule has 712 valence electrons. The zero-order chi connectivity index (χ0) is 95.6. The second-order valence-corrected chi connectivity index (χ2v) is 29.6. The average molecular weight is 2630 g/mol. The van der Waals surface area contributed by atoms with Crippen LogP contribution in [0.4, 0.5) is 118 Å². The summed E-state index contributed by atoms with van der Waals surface area (Å²) in [5.74, 6) is -1.83. The van der Waals surface area contributed by atoms with E-state index in [4.69, 9.17) is 9.97 Å². The summed E-state index contributed by atoms with van der Waals surface area (Å²) in [4.78, 5) is 59.7. The summed E-state index contributed by atoms with van der Waals surface area (Å²) in [6.07, 6.45) is 2.36. The third-order valence-electron chi connectivity index (χ3n) is 19.7. The maximum absolute atomic E-state index is 14.4. The first-order valence-corrected chi connectivity index (χ1v) is 40.3. The van der Waals surface area contributed by atoms with Gasteiger partial charge in [-0.2, -0.15) is 39.5 Å². The molecule has 0 saturated carbocycles. The number of pyridine rings is 12. The van der Waals surface area contributed by atoms with Crippen LogP contribution in [0.5, 0.6) is 0 Å². The Hall–Kier alpha value is -14.6. The molecule has 0 aliphatic heterocycles. The molecule has 0 bridgehead atoms. The van der Waals surface area contributed by atoms with E-state index in [9.17, 15) is 65.9 Å². The zero-order valence-electron chi connectivity index (χ0n) is 71.9. The van der Waals surface area contributed by atoms with Crippen LogP contribution in [0.1, 0.15) is 53.4 Å². The molecule has 0 spiro atoms. The van der Waals surface area contributed by atoms with Crippen LogP contribution < -0.4 is 14.7 Å². The Morgan fingerprint density at radius 2 is 0.650 bits per heavy atom. The first kappa shape index (κ1) is 104. The Labute approximate surface area is 845 Å². The second-order valence-electron chi connectivity index (χ2n) is 29.6. The molecular formula is C98H60F15N23Pt4. The molecule has 19 rings (SSSR count). The molecule has 0 radical (unpaired) electrons. The van der Waals surface area contributed by atoms with Crippen LogP contribution in [-0.4, -0.2) is 98.7 Å². The predicted molar refractivity (Wildman–Crippen MR) is 467 cm³/mol. The van der Waals surface area contributed by atoms with E-state index < -0.39 is 76.7 Å². The van der Waals surface area contributed by atoms with E-state index in [1.165, 1.54) is 30.6 Å².